The molecule has 0 aromatic heterocycles. The van der Waals surface area contributed by atoms with E-state index in [-0.39, 0.29) is 0 Å². The van der Waals surface area contributed by atoms with Gasteiger partial charge in [-0.05, 0) is 106 Å². The van der Waals surface area contributed by atoms with E-state index in [1.165, 1.54) is 49.8 Å². The van der Waals surface area contributed by atoms with Crippen LogP contribution in [0.4, 0.5) is 0 Å². The summed E-state index contributed by atoms with van der Waals surface area (Å²) in [6, 6.07) is 11.5. The fourth-order valence-corrected chi connectivity index (χ4v) is 4.68. The largest absolute Gasteiger partial charge is 0.0984 e. The summed E-state index contributed by atoms with van der Waals surface area (Å²) < 4.78 is 1.34. The lowest BCUT2D eigenvalue weighted by atomic mass is 10.0. The molecule has 0 spiro atoms. The van der Waals surface area contributed by atoms with E-state index in [1.807, 2.05) is 0 Å². The van der Waals surface area contributed by atoms with Gasteiger partial charge in [-0.3, -0.25) is 0 Å². The van der Waals surface area contributed by atoms with E-state index in [9.17, 15) is 0 Å². The molecule has 0 amide bonds. The lowest BCUT2D eigenvalue weighted by Crippen LogP contribution is -1.91. The highest BCUT2D eigenvalue weighted by atomic mass is 127. The van der Waals surface area contributed by atoms with E-state index in [0.29, 0.717) is 5.92 Å². The Morgan fingerprint density at radius 2 is 2.04 bits per heavy atom. The van der Waals surface area contributed by atoms with Crippen LogP contribution in [0.15, 0.2) is 48.4 Å². The molecule has 0 saturated carbocycles. The lowest BCUT2D eigenvalue weighted by Gasteiger charge is -2.08. The average molecular weight is 460 g/mol. The van der Waals surface area contributed by atoms with E-state index in [2.05, 4.69) is 91.8 Å². The van der Waals surface area contributed by atoms with Crippen LogP contribution < -0.4 is 0 Å². The van der Waals surface area contributed by atoms with Crippen molar-refractivity contribution in [1.29, 1.82) is 0 Å². The van der Waals surface area contributed by atoms with Gasteiger partial charge in [0.15, 0.2) is 0 Å². The summed E-state index contributed by atoms with van der Waals surface area (Å²) in [6.07, 6.45) is 5.72. The molecule has 0 heterocycles. The van der Waals surface area contributed by atoms with Gasteiger partial charge >= 0.3 is 0 Å². The third kappa shape index (κ3) is 4.40. The first-order chi connectivity index (χ1) is 12.0. The Bertz CT molecular complexity index is 832. The van der Waals surface area contributed by atoms with Crippen LogP contribution in [0.3, 0.4) is 0 Å². The van der Waals surface area contributed by atoms with Gasteiger partial charge < -0.3 is 0 Å². The van der Waals surface area contributed by atoms with E-state index in [0.717, 1.165) is 11.3 Å². The number of aryl methyl sites for hydroxylation is 3. The Labute approximate surface area is 170 Å². The molecule has 0 bridgehead atoms. The molecule has 1 aliphatic carbocycles. The molecular formula is C23H25IS. The number of benzene rings is 2. The van der Waals surface area contributed by atoms with Gasteiger partial charge in [-0.2, -0.15) is 0 Å². The van der Waals surface area contributed by atoms with Crippen molar-refractivity contribution in [2.24, 2.45) is 0 Å². The van der Waals surface area contributed by atoms with Crippen LogP contribution >= 0.6 is 34.4 Å². The third-order valence-corrected chi connectivity index (χ3v) is 7.11. The van der Waals surface area contributed by atoms with Gasteiger partial charge in [-0.15, -0.1) is 0 Å². The topological polar surface area (TPSA) is 0 Å². The Hall–Kier alpha value is -1.00. The first-order valence-electron chi connectivity index (χ1n) is 8.85. The van der Waals surface area contributed by atoms with Crippen LogP contribution in [0, 0.1) is 17.4 Å². The summed E-state index contributed by atoms with van der Waals surface area (Å²) in [5.41, 5.74) is 8.45. The molecule has 0 saturated heterocycles. The molecule has 1 atom stereocenters. The van der Waals surface area contributed by atoms with Crippen LogP contribution in [0.1, 0.15) is 52.6 Å². The molecule has 0 N–H and O–H groups in total. The Balaban J connectivity index is 1.61. The number of hydrogen-bond acceptors (Lipinski definition) is 1. The van der Waals surface area contributed by atoms with Crippen molar-refractivity contribution in [3.63, 3.8) is 0 Å². The first-order valence-corrected chi connectivity index (χ1v) is 10.8. The minimum absolute atomic E-state index is 0.713. The quantitative estimate of drug-likeness (QED) is 0.419. The van der Waals surface area contributed by atoms with E-state index >= 15 is 0 Å². The molecule has 0 unspecified atom stereocenters. The number of thioether (sulfide) groups is 1. The molecule has 0 fully saturated rings. The number of fused-ring (bicyclic) bond motifs is 1. The first kappa shape index (κ1) is 18.8. The molecule has 0 aliphatic heterocycles. The lowest BCUT2D eigenvalue weighted by molar-refractivity contribution is 0.747. The smallest absolute Gasteiger partial charge is 0.0162 e. The molecular weight excluding hydrogens is 435 g/mol. The van der Waals surface area contributed by atoms with Crippen LogP contribution in [0.25, 0.3) is 4.91 Å². The molecule has 0 radical (unpaired) electrons. The summed E-state index contributed by atoms with van der Waals surface area (Å²) in [7, 11) is 0. The zero-order chi connectivity index (χ0) is 18.0. The zero-order valence-electron chi connectivity index (χ0n) is 15.2. The van der Waals surface area contributed by atoms with Crippen molar-refractivity contribution >= 4 is 39.3 Å². The van der Waals surface area contributed by atoms with Gasteiger partial charge in [-0.25, -0.2) is 0 Å². The maximum absolute atomic E-state index is 4.27. The summed E-state index contributed by atoms with van der Waals surface area (Å²) in [6.45, 7) is 11.0. The molecule has 130 valence electrons. The fourth-order valence-electron chi connectivity index (χ4n) is 3.44. The monoisotopic (exact) mass is 460 g/mol. The molecule has 2 aromatic carbocycles. The van der Waals surface area contributed by atoms with Crippen molar-refractivity contribution in [3.05, 3.63) is 85.3 Å². The Morgan fingerprint density at radius 1 is 1.24 bits per heavy atom. The molecule has 2 aromatic rings. The highest BCUT2D eigenvalue weighted by Crippen LogP contribution is 2.36. The van der Waals surface area contributed by atoms with Gasteiger partial charge in [0.25, 0.3) is 0 Å². The average Bonchev–Trinajstić information content (AvgIpc) is 2.96. The van der Waals surface area contributed by atoms with Crippen LogP contribution in [-0.4, -0.2) is 0 Å². The van der Waals surface area contributed by atoms with Gasteiger partial charge in [0.05, 0.1) is 0 Å². The van der Waals surface area contributed by atoms with Crippen LogP contribution in [-0.2, 0) is 12.8 Å². The van der Waals surface area contributed by atoms with Gasteiger partial charge in [0.2, 0.25) is 0 Å². The standard InChI is InChI=1S/C23H25IS/c1-15-7-8-21-14-20(9-10-22(15)21)18(4)25-11-5-6-19-12-17(3)23(24)13-16(19)2/h5,9-15H,4,6-8H2,1-3H3/b11-5+/t15-/m1/s1. The minimum Gasteiger partial charge on any atom is -0.0984 e. The van der Waals surface area contributed by atoms with Gasteiger partial charge in [0, 0.05) is 8.48 Å². The Kier molecular flexibility index (Phi) is 6.11. The molecule has 2 heteroatoms. The predicted molar refractivity (Wildman–Crippen MR) is 121 cm³/mol. The van der Waals surface area contributed by atoms with Gasteiger partial charge in [0.1, 0.15) is 0 Å². The molecule has 3 rings (SSSR count). The molecule has 0 nitrogen and oxygen atoms in total. The second-order valence-corrected chi connectivity index (χ2v) is 9.16. The van der Waals surface area contributed by atoms with E-state index in [1.54, 1.807) is 11.8 Å². The second-order valence-electron chi connectivity index (χ2n) is 7.00. The van der Waals surface area contributed by atoms with Gasteiger partial charge in [-0.1, -0.05) is 55.6 Å². The summed E-state index contributed by atoms with van der Waals surface area (Å²) in [5.74, 6) is 0.713. The molecule has 25 heavy (non-hydrogen) atoms. The normalized spacial score (nSPS) is 16.4. The highest BCUT2D eigenvalue weighted by Gasteiger charge is 2.18. The number of hydrogen-bond donors (Lipinski definition) is 0. The SMILES string of the molecule is C=C(S/C=C/Cc1cc(C)c(I)cc1C)c1ccc2c(c1)CC[C@H]2C. The number of rotatable bonds is 5. The number of allylic oxidation sites excluding steroid dienone is 1. The summed E-state index contributed by atoms with van der Waals surface area (Å²) >= 11 is 4.14. The maximum atomic E-state index is 4.27. The van der Waals surface area contributed by atoms with Crippen molar-refractivity contribution in [3.8, 4) is 0 Å². The number of halogens is 1. The Morgan fingerprint density at radius 3 is 2.84 bits per heavy atom. The maximum Gasteiger partial charge on any atom is 0.0162 e. The third-order valence-electron chi connectivity index (χ3n) is 5.10. The van der Waals surface area contributed by atoms with Crippen molar-refractivity contribution < 1.29 is 0 Å². The van der Waals surface area contributed by atoms with E-state index < -0.39 is 0 Å². The highest BCUT2D eigenvalue weighted by molar-refractivity contribution is 14.1. The predicted octanol–water partition coefficient (Wildman–Crippen LogP) is 7.42. The minimum atomic E-state index is 0.713. The molecule has 1 aliphatic rings. The van der Waals surface area contributed by atoms with Crippen LogP contribution in [0.2, 0.25) is 0 Å². The van der Waals surface area contributed by atoms with Crippen molar-refractivity contribution in [2.45, 2.75) is 46.0 Å². The van der Waals surface area contributed by atoms with E-state index in [4.69, 9.17) is 0 Å². The fraction of sp³-hybridized carbons (Fsp3) is 0.304. The van der Waals surface area contributed by atoms with Crippen LogP contribution in [0.5, 0.6) is 0 Å². The summed E-state index contributed by atoms with van der Waals surface area (Å²) in [4.78, 5) is 1.13. The zero-order valence-corrected chi connectivity index (χ0v) is 18.2. The van der Waals surface area contributed by atoms with Crippen molar-refractivity contribution in [2.75, 3.05) is 0 Å². The second kappa shape index (κ2) is 8.13. The van der Waals surface area contributed by atoms with Crippen molar-refractivity contribution in [1.82, 2.24) is 0 Å². The summed E-state index contributed by atoms with van der Waals surface area (Å²) in [5, 5.41) is 2.19.